The minimum absolute atomic E-state index is 0.0381. The summed E-state index contributed by atoms with van der Waals surface area (Å²) in [6.45, 7) is 5.49. The molecule has 0 unspecified atom stereocenters. The van der Waals surface area contributed by atoms with Crippen LogP contribution in [0.15, 0.2) is 85.3 Å². The Morgan fingerprint density at radius 3 is 2.08 bits per heavy atom. The van der Waals surface area contributed by atoms with Crippen LogP contribution in [0.2, 0.25) is 0 Å². The first kappa shape index (κ1) is 22.8. The predicted molar refractivity (Wildman–Crippen MR) is 140 cm³/mol. The Balaban J connectivity index is 1.36. The molecule has 2 aliphatic heterocycles. The van der Waals surface area contributed by atoms with E-state index in [2.05, 4.69) is 39.2 Å². The van der Waals surface area contributed by atoms with Crippen LogP contribution in [0.1, 0.15) is 30.4 Å². The number of nitrogens with zero attached hydrogens (tertiary/aromatic N) is 5. The van der Waals surface area contributed by atoms with Crippen LogP contribution < -0.4 is 5.32 Å². The maximum Gasteiger partial charge on any atom is 0.238 e. The van der Waals surface area contributed by atoms with Gasteiger partial charge >= 0.3 is 0 Å². The number of pyridine rings is 3. The number of para-hydroxylation sites is 1. The summed E-state index contributed by atoms with van der Waals surface area (Å²) in [6, 6.07) is 22.0. The first-order valence-electron chi connectivity index (χ1n) is 12.7. The zero-order valence-electron chi connectivity index (χ0n) is 20.4. The van der Waals surface area contributed by atoms with E-state index in [9.17, 15) is 4.79 Å². The van der Waals surface area contributed by atoms with E-state index in [1.165, 1.54) is 0 Å². The standard InChI is InChI=1S/C29H30N6O/c1-2-34-17-21-22(18-34)29(25-12-4-6-15-31-25)35(28(21)24-11-3-5-14-30-24)19-26(36)33-23-13-7-9-20-10-8-16-32-27(20)23/h3-16,21-22,28-29H,2,17-19H2,1H3,(H,33,36)/t21-,22+,28-,29+. The van der Waals surface area contributed by atoms with Gasteiger partial charge in [-0.25, -0.2) is 0 Å². The zero-order valence-corrected chi connectivity index (χ0v) is 20.4. The van der Waals surface area contributed by atoms with Crippen molar-refractivity contribution in [3.05, 3.63) is 96.7 Å². The fraction of sp³-hybridized carbons (Fsp3) is 0.310. The van der Waals surface area contributed by atoms with Crippen molar-refractivity contribution in [2.24, 2.45) is 11.8 Å². The van der Waals surface area contributed by atoms with Gasteiger partial charge in [0.1, 0.15) is 0 Å². The lowest BCUT2D eigenvalue weighted by atomic mass is 9.88. The van der Waals surface area contributed by atoms with Gasteiger partial charge in [0.15, 0.2) is 0 Å². The number of aromatic nitrogens is 3. The quantitative estimate of drug-likeness (QED) is 0.445. The highest BCUT2D eigenvalue weighted by Crippen LogP contribution is 2.53. The van der Waals surface area contributed by atoms with Gasteiger partial charge in [0.05, 0.1) is 41.2 Å². The van der Waals surface area contributed by atoms with Crippen LogP contribution in [0.5, 0.6) is 0 Å². The number of benzene rings is 1. The van der Waals surface area contributed by atoms with Crippen LogP contribution in [0.4, 0.5) is 5.69 Å². The summed E-state index contributed by atoms with van der Waals surface area (Å²) < 4.78 is 0. The number of hydrogen-bond acceptors (Lipinski definition) is 6. The number of amides is 1. The van der Waals surface area contributed by atoms with E-state index in [0.29, 0.717) is 11.8 Å². The molecule has 2 saturated heterocycles. The second-order valence-electron chi connectivity index (χ2n) is 9.68. The molecule has 0 radical (unpaired) electrons. The topological polar surface area (TPSA) is 74.2 Å². The molecule has 3 aromatic heterocycles. The third kappa shape index (κ3) is 4.14. The molecule has 0 spiro atoms. The second kappa shape index (κ2) is 9.76. The zero-order chi connectivity index (χ0) is 24.5. The molecule has 2 fully saturated rings. The molecular formula is C29H30N6O. The molecule has 4 aromatic rings. The van der Waals surface area contributed by atoms with E-state index < -0.39 is 0 Å². The number of anilines is 1. The summed E-state index contributed by atoms with van der Waals surface area (Å²) in [6.07, 6.45) is 5.46. The molecule has 0 saturated carbocycles. The molecule has 2 aliphatic rings. The van der Waals surface area contributed by atoms with Crippen molar-refractivity contribution in [2.75, 3.05) is 31.5 Å². The van der Waals surface area contributed by atoms with Crippen molar-refractivity contribution < 1.29 is 4.79 Å². The predicted octanol–water partition coefficient (Wildman–Crippen LogP) is 4.33. The van der Waals surface area contributed by atoms with Gasteiger partial charge in [0.2, 0.25) is 5.91 Å². The van der Waals surface area contributed by atoms with E-state index in [1.54, 1.807) is 6.20 Å². The van der Waals surface area contributed by atoms with Crippen LogP contribution in [-0.4, -0.2) is 56.8 Å². The highest BCUT2D eigenvalue weighted by Gasteiger charge is 2.54. The molecule has 5 heterocycles. The van der Waals surface area contributed by atoms with Crippen molar-refractivity contribution in [1.82, 2.24) is 24.8 Å². The first-order chi connectivity index (χ1) is 17.7. The van der Waals surface area contributed by atoms with Crippen LogP contribution in [0.3, 0.4) is 0 Å². The van der Waals surface area contributed by atoms with Gasteiger partial charge in [-0.05, 0) is 54.8 Å². The third-order valence-electron chi connectivity index (χ3n) is 7.68. The summed E-state index contributed by atoms with van der Waals surface area (Å²) in [5.74, 6) is 0.695. The number of hydrogen-bond donors (Lipinski definition) is 1. The highest BCUT2D eigenvalue weighted by atomic mass is 16.2. The molecule has 0 aliphatic carbocycles. The Labute approximate surface area is 211 Å². The maximum absolute atomic E-state index is 13.6. The molecule has 182 valence electrons. The number of nitrogens with one attached hydrogen (secondary N) is 1. The minimum atomic E-state index is -0.0534. The average molecular weight is 479 g/mol. The van der Waals surface area contributed by atoms with Crippen molar-refractivity contribution in [3.63, 3.8) is 0 Å². The highest BCUT2D eigenvalue weighted by molar-refractivity contribution is 6.00. The van der Waals surface area contributed by atoms with E-state index >= 15 is 0 Å². The number of rotatable bonds is 6. The Morgan fingerprint density at radius 1 is 0.833 bits per heavy atom. The summed E-state index contributed by atoms with van der Waals surface area (Å²) in [5.41, 5.74) is 3.57. The Hall–Kier alpha value is -3.68. The smallest absolute Gasteiger partial charge is 0.238 e. The summed E-state index contributed by atoms with van der Waals surface area (Å²) in [7, 11) is 0. The van der Waals surface area contributed by atoms with E-state index in [0.717, 1.165) is 47.6 Å². The average Bonchev–Trinajstić information content (AvgIpc) is 3.46. The van der Waals surface area contributed by atoms with Gasteiger partial charge in [0, 0.05) is 37.1 Å². The molecule has 6 rings (SSSR count). The molecular weight excluding hydrogens is 448 g/mol. The van der Waals surface area contributed by atoms with Crippen molar-refractivity contribution in [2.45, 2.75) is 19.0 Å². The lowest BCUT2D eigenvalue weighted by molar-refractivity contribution is -0.118. The fourth-order valence-corrected chi connectivity index (χ4v) is 6.17. The minimum Gasteiger partial charge on any atom is -0.323 e. The van der Waals surface area contributed by atoms with Gasteiger partial charge in [0.25, 0.3) is 0 Å². The van der Waals surface area contributed by atoms with Gasteiger partial charge in [-0.3, -0.25) is 24.6 Å². The van der Waals surface area contributed by atoms with Gasteiger partial charge < -0.3 is 10.2 Å². The number of carbonyl (C=O) groups is 1. The molecule has 4 atom stereocenters. The molecule has 1 amide bonds. The van der Waals surface area contributed by atoms with Gasteiger partial charge in [-0.15, -0.1) is 0 Å². The molecule has 7 heteroatoms. The Kier molecular flexibility index (Phi) is 6.17. The summed E-state index contributed by atoms with van der Waals surface area (Å²) >= 11 is 0. The SMILES string of the molecule is CCN1C[C@@H]2[C@H](C1)[C@@H](c1ccccn1)N(CC(=O)Nc1cccc3cccnc13)[C@H]2c1ccccn1. The number of fused-ring (bicyclic) bond motifs is 2. The number of likely N-dealkylation sites (tertiary alicyclic amines) is 2. The van der Waals surface area contributed by atoms with Crippen molar-refractivity contribution in [1.29, 1.82) is 0 Å². The van der Waals surface area contributed by atoms with Gasteiger partial charge in [-0.2, -0.15) is 0 Å². The normalized spacial score (nSPS) is 24.1. The maximum atomic E-state index is 13.6. The van der Waals surface area contributed by atoms with E-state index in [-0.39, 0.29) is 24.5 Å². The monoisotopic (exact) mass is 478 g/mol. The van der Waals surface area contributed by atoms with Crippen LogP contribution >= 0.6 is 0 Å². The molecule has 1 aromatic carbocycles. The first-order valence-corrected chi connectivity index (χ1v) is 12.7. The third-order valence-corrected chi connectivity index (χ3v) is 7.68. The summed E-state index contributed by atoms with van der Waals surface area (Å²) in [5, 5.41) is 4.15. The van der Waals surface area contributed by atoms with E-state index in [1.807, 2.05) is 67.0 Å². The van der Waals surface area contributed by atoms with Crippen LogP contribution in [0.25, 0.3) is 10.9 Å². The van der Waals surface area contributed by atoms with Gasteiger partial charge in [-0.1, -0.05) is 37.3 Å². The largest absolute Gasteiger partial charge is 0.323 e. The fourth-order valence-electron chi connectivity index (χ4n) is 6.17. The molecule has 36 heavy (non-hydrogen) atoms. The molecule has 1 N–H and O–H groups in total. The molecule has 7 nitrogen and oxygen atoms in total. The van der Waals surface area contributed by atoms with Crippen molar-refractivity contribution >= 4 is 22.5 Å². The Morgan fingerprint density at radius 2 is 1.47 bits per heavy atom. The van der Waals surface area contributed by atoms with Crippen LogP contribution in [-0.2, 0) is 4.79 Å². The molecule has 0 bridgehead atoms. The Bertz CT molecular complexity index is 1290. The second-order valence-corrected chi connectivity index (χ2v) is 9.68. The summed E-state index contributed by atoms with van der Waals surface area (Å²) in [4.78, 5) is 32.4. The lowest BCUT2D eigenvalue weighted by Crippen LogP contribution is -2.39. The van der Waals surface area contributed by atoms with Crippen molar-refractivity contribution in [3.8, 4) is 0 Å². The van der Waals surface area contributed by atoms with Crippen LogP contribution in [0, 0.1) is 11.8 Å². The van der Waals surface area contributed by atoms with E-state index in [4.69, 9.17) is 9.97 Å². The lowest BCUT2D eigenvalue weighted by Gasteiger charge is -2.33. The number of carbonyl (C=O) groups excluding carboxylic acids is 1.